The summed E-state index contributed by atoms with van der Waals surface area (Å²) in [5.74, 6) is 0.953. The van der Waals surface area contributed by atoms with E-state index in [1.165, 1.54) is 5.56 Å². The van der Waals surface area contributed by atoms with Crippen LogP contribution in [0.2, 0.25) is 5.02 Å². The third-order valence-electron chi connectivity index (χ3n) is 3.32. The first-order valence-electron chi connectivity index (χ1n) is 6.42. The van der Waals surface area contributed by atoms with Gasteiger partial charge < -0.3 is 0 Å². The van der Waals surface area contributed by atoms with Crippen LogP contribution in [0.15, 0.2) is 42.6 Å². The van der Waals surface area contributed by atoms with Gasteiger partial charge in [0.15, 0.2) is 0 Å². The van der Waals surface area contributed by atoms with Crippen LogP contribution in [0.1, 0.15) is 18.2 Å². The highest BCUT2D eigenvalue weighted by Gasteiger charge is 2.11. The molecule has 0 atom stereocenters. The Morgan fingerprint density at radius 2 is 1.84 bits per heavy atom. The zero-order chi connectivity index (χ0) is 13.4. The van der Waals surface area contributed by atoms with E-state index in [1.54, 1.807) is 0 Å². The second-order valence-corrected chi connectivity index (χ2v) is 5.14. The van der Waals surface area contributed by atoms with Gasteiger partial charge in [0, 0.05) is 11.8 Å². The summed E-state index contributed by atoms with van der Waals surface area (Å²) >= 11 is 6.11. The lowest BCUT2D eigenvalue weighted by molar-refractivity contribution is 1.08. The summed E-state index contributed by atoms with van der Waals surface area (Å²) in [6.07, 6.45) is 2.84. The van der Waals surface area contributed by atoms with E-state index in [1.807, 2.05) is 18.3 Å². The second-order valence-electron chi connectivity index (χ2n) is 4.70. The predicted molar refractivity (Wildman–Crippen MR) is 79.8 cm³/mol. The summed E-state index contributed by atoms with van der Waals surface area (Å²) in [6.45, 7) is 4.21. The minimum Gasteiger partial charge on any atom is -0.298 e. The molecule has 2 nitrogen and oxygen atoms in total. The van der Waals surface area contributed by atoms with E-state index in [-0.39, 0.29) is 0 Å². The van der Waals surface area contributed by atoms with Gasteiger partial charge in [0.05, 0.1) is 16.2 Å². The van der Waals surface area contributed by atoms with Gasteiger partial charge in [-0.15, -0.1) is 0 Å². The molecule has 0 N–H and O–H groups in total. The van der Waals surface area contributed by atoms with Crippen LogP contribution in [0.4, 0.5) is 0 Å². The summed E-state index contributed by atoms with van der Waals surface area (Å²) in [7, 11) is 0. The molecule has 0 radical (unpaired) electrons. The molecule has 3 heteroatoms. The number of hydrogen-bond acceptors (Lipinski definition) is 1. The molecular formula is C16H15ClN2. The van der Waals surface area contributed by atoms with Crippen molar-refractivity contribution < 1.29 is 0 Å². The molecule has 0 bridgehead atoms. The molecule has 19 heavy (non-hydrogen) atoms. The van der Waals surface area contributed by atoms with Crippen molar-refractivity contribution in [1.29, 1.82) is 0 Å². The quantitative estimate of drug-likeness (QED) is 0.669. The van der Waals surface area contributed by atoms with Crippen molar-refractivity contribution in [2.75, 3.05) is 0 Å². The van der Waals surface area contributed by atoms with E-state index in [4.69, 9.17) is 16.6 Å². The molecule has 3 rings (SSSR count). The normalized spacial score (nSPS) is 11.1. The Kier molecular flexibility index (Phi) is 3.03. The number of nitrogens with zero attached hydrogens (tertiary/aromatic N) is 2. The number of halogens is 1. The van der Waals surface area contributed by atoms with E-state index >= 15 is 0 Å². The van der Waals surface area contributed by atoms with Gasteiger partial charge in [-0.2, -0.15) is 0 Å². The Hall–Kier alpha value is -1.80. The van der Waals surface area contributed by atoms with Gasteiger partial charge in [-0.05, 0) is 25.5 Å². The number of benzene rings is 1. The van der Waals surface area contributed by atoms with Crippen LogP contribution in [-0.2, 0) is 6.42 Å². The van der Waals surface area contributed by atoms with Crippen LogP contribution in [0.5, 0.6) is 0 Å². The number of fused-ring (bicyclic) bond motifs is 1. The highest BCUT2D eigenvalue weighted by Crippen LogP contribution is 2.25. The first-order valence-corrected chi connectivity index (χ1v) is 6.80. The largest absolute Gasteiger partial charge is 0.298 e. The molecule has 2 aromatic heterocycles. The van der Waals surface area contributed by atoms with Gasteiger partial charge in [0.25, 0.3) is 0 Å². The smallest absolute Gasteiger partial charge is 0.144 e. The molecule has 0 fully saturated rings. The van der Waals surface area contributed by atoms with Gasteiger partial charge in [-0.3, -0.25) is 4.40 Å². The van der Waals surface area contributed by atoms with Gasteiger partial charge in [0.2, 0.25) is 0 Å². The van der Waals surface area contributed by atoms with Crippen molar-refractivity contribution in [3.8, 4) is 11.4 Å². The van der Waals surface area contributed by atoms with Crippen molar-refractivity contribution in [3.05, 3.63) is 58.9 Å². The molecule has 0 unspecified atom stereocenters. The average molecular weight is 271 g/mol. The Labute approximate surface area is 117 Å². The first kappa shape index (κ1) is 12.2. The number of pyridine rings is 1. The Morgan fingerprint density at radius 3 is 2.53 bits per heavy atom. The summed E-state index contributed by atoms with van der Waals surface area (Å²) in [5.41, 5.74) is 4.59. The average Bonchev–Trinajstić information content (AvgIpc) is 2.77. The highest BCUT2D eigenvalue weighted by atomic mass is 35.5. The number of aryl methyl sites for hydroxylation is 2. The minimum absolute atomic E-state index is 0.723. The van der Waals surface area contributed by atoms with Crippen LogP contribution in [0.3, 0.4) is 0 Å². The molecular weight excluding hydrogens is 256 g/mol. The van der Waals surface area contributed by atoms with E-state index in [0.717, 1.165) is 34.0 Å². The molecule has 3 aromatic rings. The standard InChI is InChI=1S/C16H15ClN2/c1-3-14-15-9-8-13(17)10-19(15)16(18-14)12-6-4-11(2)5-7-12/h4-10H,3H2,1-2H3. The molecule has 0 spiro atoms. The number of hydrogen-bond donors (Lipinski definition) is 0. The summed E-state index contributed by atoms with van der Waals surface area (Å²) in [6, 6.07) is 12.4. The monoisotopic (exact) mass is 270 g/mol. The number of imidazole rings is 1. The minimum atomic E-state index is 0.723. The highest BCUT2D eigenvalue weighted by molar-refractivity contribution is 6.30. The van der Waals surface area contributed by atoms with Crippen LogP contribution < -0.4 is 0 Å². The molecule has 0 aliphatic carbocycles. The summed E-state index contributed by atoms with van der Waals surface area (Å²) < 4.78 is 2.08. The molecule has 0 aliphatic heterocycles. The first-order chi connectivity index (χ1) is 9.19. The molecule has 0 aliphatic rings. The topological polar surface area (TPSA) is 17.3 Å². The Morgan fingerprint density at radius 1 is 1.11 bits per heavy atom. The van der Waals surface area contributed by atoms with Crippen LogP contribution in [0.25, 0.3) is 16.9 Å². The molecule has 96 valence electrons. The Bertz CT molecular complexity index is 726. The summed E-state index contributed by atoms with van der Waals surface area (Å²) in [5, 5.41) is 0.723. The van der Waals surface area contributed by atoms with E-state index < -0.39 is 0 Å². The Balaban J connectivity index is 2.28. The van der Waals surface area contributed by atoms with E-state index in [0.29, 0.717) is 0 Å². The van der Waals surface area contributed by atoms with E-state index in [2.05, 4.69) is 42.5 Å². The fourth-order valence-electron chi connectivity index (χ4n) is 2.29. The van der Waals surface area contributed by atoms with Gasteiger partial charge in [0.1, 0.15) is 5.82 Å². The lowest BCUT2D eigenvalue weighted by Crippen LogP contribution is -1.89. The van der Waals surface area contributed by atoms with Crippen molar-refractivity contribution in [3.63, 3.8) is 0 Å². The fraction of sp³-hybridized carbons (Fsp3) is 0.188. The molecule has 1 aromatic carbocycles. The lowest BCUT2D eigenvalue weighted by Gasteiger charge is -2.02. The van der Waals surface area contributed by atoms with Gasteiger partial charge in [-0.1, -0.05) is 48.4 Å². The van der Waals surface area contributed by atoms with Gasteiger partial charge in [-0.25, -0.2) is 4.98 Å². The van der Waals surface area contributed by atoms with Crippen molar-refractivity contribution in [1.82, 2.24) is 9.38 Å². The van der Waals surface area contributed by atoms with Crippen molar-refractivity contribution in [2.45, 2.75) is 20.3 Å². The fourth-order valence-corrected chi connectivity index (χ4v) is 2.45. The zero-order valence-electron chi connectivity index (χ0n) is 11.0. The van der Waals surface area contributed by atoms with Crippen LogP contribution >= 0.6 is 11.6 Å². The predicted octanol–water partition coefficient (Wildman–Crippen LogP) is 4.53. The van der Waals surface area contributed by atoms with E-state index in [9.17, 15) is 0 Å². The summed E-state index contributed by atoms with van der Waals surface area (Å²) in [4.78, 5) is 4.75. The molecule has 2 heterocycles. The maximum atomic E-state index is 6.11. The maximum Gasteiger partial charge on any atom is 0.144 e. The molecule has 0 saturated heterocycles. The molecule has 0 saturated carbocycles. The van der Waals surface area contributed by atoms with Crippen molar-refractivity contribution >= 4 is 17.1 Å². The number of rotatable bonds is 2. The third kappa shape index (κ3) is 2.13. The lowest BCUT2D eigenvalue weighted by atomic mass is 10.1. The maximum absolute atomic E-state index is 6.11. The number of aromatic nitrogens is 2. The zero-order valence-corrected chi connectivity index (χ0v) is 11.8. The SMILES string of the molecule is CCc1nc(-c2ccc(C)cc2)n2cc(Cl)ccc12. The third-order valence-corrected chi connectivity index (χ3v) is 3.55. The second kappa shape index (κ2) is 4.71. The van der Waals surface area contributed by atoms with Crippen LogP contribution in [0, 0.1) is 6.92 Å². The molecule has 0 amide bonds. The van der Waals surface area contributed by atoms with Crippen LogP contribution in [-0.4, -0.2) is 9.38 Å². The van der Waals surface area contributed by atoms with Crippen molar-refractivity contribution in [2.24, 2.45) is 0 Å². The van der Waals surface area contributed by atoms with Gasteiger partial charge >= 0.3 is 0 Å².